The number of anilines is 2. The number of rotatable bonds is 8. The summed E-state index contributed by atoms with van der Waals surface area (Å²) in [6.45, 7) is 6.19. The van der Waals surface area contributed by atoms with Crippen LogP contribution < -0.4 is 25.4 Å². The normalized spacial score (nSPS) is 17.0. The summed E-state index contributed by atoms with van der Waals surface area (Å²) in [5.41, 5.74) is 1.22. The number of nitrogens with one attached hydrogen (secondary N) is 1. The van der Waals surface area contributed by atoms with Gasteiger partial charge in [0.25, 0.3) is 11.5 Å². The van der Waals surface area contributed by atoms with Crippen LogP contribution in [0.5, 0.6) is 5.75 Å². The molecule has 1 atom stereocenters. The third-order valence-electron chi connectivity index (χ3n) is 7.15. The number of ether oxygens (including phenoxy) is 2. The van der Waals surface area contributed by atoms with Crippen LogP contribution in [0.4, 0.5) is 11.6 Å². The third-order valence-corrected chi connectivity index (χ3v) is 7.15. The Bertz CT molecular complexity index is 1320. The quantitative estimate of drug-likeness (QED) is 0.468. The van der Waals surface area contributed by atoms with Crippen LogP contribution in [0.15, 0.2) is 47.3 Å². The molecule has 10 heteroatoms. The molecule has 2 aliphatic rings. The second-order valence-corrected chi connectivity index (χ2v) is 9.51. The van der Waals surface area contributed by atoms with Crippen LogP contribution in [0.1, 0.15) is 28.9 Å². The van der Waals surface area contributed by atoms with Crippen LogP contribution in [0.2, 0.25) is 0 Å². The number of methoxy groups -OCH3 is 1. The number of carbonyl (C=O) groups is 1. The number of fused-ring (bicyclic) bond motifs is 1. The van der Waals surface area contributed by atoms with Crippen molar-refractivity contribution in [3.8, 4) is 11.4 Å². The number of nitrogens with zero attached hydrogens (tertiary/aromatic N) is 5. The van der Waals surface area contributed by atoms with Gasteiger partial charge in [0.05, 0.1) is 17.9 Å². The van der Waals surface area contributed by atoms with Gasteiger partial charge in [0.2, 0.25) is 0 Å². The number of amides is 1. The van der Waals surface area contributed by atoms with Crippen molar-refractivity contribution in [3.05, 3.63) is 64.1 Å². The summed E-state index contributed by atoms with van der Waals surface area (Å²) in [7, 11) is 3.51. The Morgan fingerprint density at radius 1 is 1.19 bits per heavy atom. The summed E-state index contributed by atoms with van der Waals surface area (Å²) in [6, 6.07) is 13.2. The highest BCUT2D eigenvalue weighted by Crippen LogP contribution is 2.33. The number of para-hydroxylation sites is 1. The number of aromatic nitrogens is 3. The number of hydrogen-bond acceptors (Lipinski definition) is 7. The molecule has 0 unspecified atom stereocenters. The van der Waals surface area contributed by atoms with Gasteiger partial charge >= 0.3 is 0 Å². The molecule has 4 heterocycles. The first-order valence-corrected chi connectivity index (χ1v) is 12.8. The van der Waals surface area contributed by atoms with E-state index in [0.717, 1.165) is 55.5 Å². The fourth-order valence-electron chi connectivity index (χ4n) is 5.10. The molecule has 1 aromatic carbocycles. The molecule has 2 aliphatic heterocycles. The molecule has 1 saturated heterocycles. The molecule has 0 spiro atoms. The lowest BCUT2D eigenvalue weighted by Gasteiger charge is -2.31. The topological polar surface area (TPSA) is 93.9 Å². The lowest BCUT2D eigenvalue weighted by Crippen LogP contribution is -2.39. The lowest BCUT2D eigenvalue weighted by molar-refractivity contribution is 0.0938. The molecule has 0 bridgehead atoms. The minimum atomic E-state index is -0.337. The third kappa shape index (κ3) is 4.93. The molecule has 0 radical (unpaired) electrons. The van der Waals surface area contributed by atoms with Crippen molar-refractivity contribution in [1.82, 2.24) is 19.7 Å². The van der Waals surface area contributed by atoms with E-state index in [2.05, 4.69) is 15.1 Å². The van der Waals surface area contributed by atoms with Gasteiger partial charge in [-0.3, -0.25) is 14.3 Å². The Kier molecular flexibility index (Phi) is 7.18. The van der Waals surface area contributed by atoms with Crippen molar-refractivity contribution in [3.63, 3.8) is 0 Å². The van der Waals surface area contributed by atoms with E-state index in [1.54, 1.807) is 25.8 Å². The van der Waals surface area contributed by atoms with Crippen molar-refractivity contribution < 1.29 is 14.3 Å². The Morgan fingerprint density at radius 2 is 2.00 bits per heavy atom. The van der Waals surface area contributed by atoms with Gasteiger partial charge in [0.15, 0.2) is 11.6 Å². The van der Waals surface area contributed by atoms with Crippen molar-refractivity contribution in [2.24, 2.45) is 7.05 Å². The van der Waals surface area contributed by atoms with E-state index in [4.69, 9.17) is 14.5 Å². The van der Waals surface area contributed by atoms with Crippen LogP contribution in [-0.2, 0) is 11.8 Å². The Hall–Kier alpha value is -3.79. The first-order valence-electron chi connectivity index (χ1n) is 12.8. The highest BCUT2D eigenvalue weighted by molar-refractivity contribution is 5.95. The second-order valence-electron chi connectivity index (χ2n) is 9.51. The van der Waals surface area contributed by atoms with Crippen LogP contribution in [0.25, 0.3) is 5.69 Å². The predicted molar refractivity (Wildman–Crippen MR) is 142 cm³/mol. The van der Waals surface area contributed by atoms with Crippen molar-refractivity contribution >= 4 is 17.5 Å². The summed E-state index contributed by atoms with van der Waals surface area (Å²) >= 11 is 0. The minimum absolute atomic E-state index is 0.0800. The number of pyridine rings is 1. The maximum absolute atomic E-state index is 13.2. The Balaban J connectivity index is 1.28. The van der Waals surface area contributed by atoms with Crippen molar-refractivity contribution in [2.75, 3.05) is 56.3 Å². The summed E-state index contributed by atoms with van der Waals surface area (Å²) in [6.07, 6.45) is 1.70. The standard InChI is InChI=1S/C27H34N6O4/c1-19-24(27(35)33(30(19)2)21-8-5-4-6-9-21)26(34)28-20-12-14-32(18-20)23-11-10-22-25(29-23)31(15-17-37-22)13-7-16-36-3/h4-6,8-11,20H,7,12-18H2,1-3H3,(H,28,34)/t20-/m0/s1. The molecule has 37 heavy (non-hydrogen) atoms. The molecular weight excluding hydrogens is 472 g/mol. The van der Waals surface area contributed by atoms with Gasteiger partial charge in [0, 0.05) is 46.4 Å². The zero-order valence-corrected chi connectivity index (χ0v) is 21.6. The number of benzene rings is 1. The molecule has 0 aliphatic carbocycles. The van der Waals surface area contributed by atoms with E-state index in [1.807, 2.05) is 42.5 Å². The lowest BCUT2D eigenvalue weighted by atomic mass is 10.2. The molecule has 5 rings (SSSR count). The molecular formula is C27H34N6O4. The fourth-order valence-corrected chi connectivity index (χ4v) is 5.10. The van der Waals surface area contributed by atoms with Gasteiger partial charge in [-0.05, 0) is 44.0 Å². The zero-order valence-electron chi connectivity index (χ0n) is 21.6. The van der Waals surface area contributed by atoms with Gasteiger partial charge in [-0.2, -0.15) is 0 Å². The minimum Gasteiger partial charge on any atom is -0.488 e. The molecule has 2 aromatic heterocycles. The predicted octanol–water partition coefficient (Wildman–Crippen LogP) is 2.12. The van der Waals surface area contributed by atoms with Gasteiger partial charge in [0.1, 0.15) is 18.0 Å². The maximum atomic E-state index is 13.2. The van der Waals surface area contributed by atoms with E-state index >= 15 is 0 Å². The first-order chi connectivity index (χ1) is 18.0. The van der Waals surface area contributed by atoms with Crippen LogP contribution in [0.3, 0.4) is 0 Å². The molecule has 10 nitrogen and oxygen atoms in total. The largest absolute Gasteiger partial charge is 0.488 e. The van der Waals surface area contributed by atoms with Gasteiger partial charge in [-0.1, -0.05) is 18.2 Å². The van der Waals surface area contributed by atoms with Gasteiger partial charge < -0.3 is 24.6 Å². The maximum Gasteiger partial charge on any atom is 0.284 e. The highest BCUT2D eigenvalue weighted by atomic mass is 16.5. The van der Waals surface area contributed by atoms with Crippen LogP contribution in [-0.4, -0.2) is 72.8 Å². The van der Waals surface area contributed by atoms with E-state index in [-0.39, 0.29) is 23.1 Å². The fraction of sp³-hybridized carbons (Fsp3) is 0.444. The number of hydrogen-bond donors (Lipinski definition) is 1. The second kappa shape index (κ2) is 10.7. The Morgan fingerprint density at radius 3 is 2.78 bits per heavy atom. The molecule has 196 valence electrons. The smallest absolute Gasteiger partial charge is 0.284 e. The summed E-state index contributed by atoms with van der Waals surface area (Å²) in [5.74, 6) is 2.18. The summed E-state index contributed by atoms with van der Waals surface area (Å²) < 4.78 is 14.3. The molecule has 1 amide bonds. The summed E-state index contributed by atoms with van der Waals surface area (Å²) in [5, 5.41) is 3.09. The van der Waals surface area contributed by atoms with Crippen LogP contribution >= 0.6 is 0 Å². The van der Waals surface area contributed by atoms with E-state index < -0.39 is 0 Å². The molecule has 1 fully saturated rings. The SMILES string of the molecule is COCCCN1CCOc2ccc(N3CC[C@H](NC(=O)c4c(C)n(C)n(-c5ccccc5)c4=O)C3)nc21. The molecule has 0 saturated carbocycles. The van der Waals surface area contributed by atoms with Crippen molar-refractivity contribution in [2.45, 2.75) is 25.8 Å². The van der Waals surface area contributed by atoms with Crippen molar-refractivity contribution in [1.29, 1.82) is 0 Å². The van der Waals surface area contributed by atoms with Gasteiger partial charge in [-0.25, -0.2) is 9.67 Å². The van der Waals surface area contributed by atoms with E-state index in [9.17, 15) is 9.59 Å². The first kappa shape index (κ1) is 24.9. The Labute approximate surface area is 216 Å². The van der Waals surface area contributed by atoms with E-state index in [1.165, 1.54) is 4.68 Å². The average molecular weight is 507 g/mol. The highest BCUT2D eigenvalue weighted by Gasteiger charge is 2.30. The zero-order chi connectivity index (χ0) is 25.9. The van der Waals surface area contributed by atoms with Gasteiger partial charge in [-0.15, -0.1) is 0 Å². The molecule has 1 N–H and O–H groups in total. The average Bonchev–Trinajstić information content (AvgIpc) is 3.46. The van der Waals surface area contributed by atoms with E-state index in [0.29, 0.717) is 25.5 Å². The monoisotopic (exact) mass is 506 g/mol. The van der Waals surface area contributed by atoms with Crippen LogP contribution in [0, 0.1) is 6.92 Å². The summed E-state index contributed by atoms with van der Waals surface area (Å²) in [4.78, 5) is 35.8. The molecule has 3 aromatic rings. The number of carbonyl (C=O) groups excluding carboxylic acids is 1.